The molecular weight excluding hydrogens is 388 g/mol. The van der Waals surface area contributed by atoms with Crippen LogP contribution in [-0.2, 0) is 9.59 Å². The smallest absolute Gasteiger partial charge is 0.306 e. The Balaban J connectivity index is 1.49. The van der Waals surface area contributed by atoms with Crippen LogP contribution in [0.15, 0.2) is 11.6 Å². The molecule has 4 rings (SSSR count). The summed E-state index contributed by atoms with van der Waals surface area (Å²) in [6.45, 7) is 9.05. The van der Waals surface area contributed by atoms with Gasteiger partial charge in [-0.1, -0.05) is 46.1 Å². The van der Waals surface area contributed by atoms with Gasteiger partial charge >= 0.3 is 5.97 Å². The molecule has 0 radical (unpaired) electrons. The Morgan fingerprint density at radius 2 is 1.87 bits per heavy atom. The summed E-state index contributed by atoms with van der Waals surface area (Å²) in [7, 11) is 0. The van der Waals surface area contributed by atoms with Crippen LogP contribution in [0.5, 0.6) is 0 Å². The number of carbonyl (C=O) groups is 2. The van der Waals surface area contributed by atoms with Gasteiger partial charge in [0, 0.05) is 6.42 Å². The predicted molar refractivity (Wildman–Crippen MR) is 121 cm³/mol. The molecule has 0 bridgehead atoms. The molecule has 0 amide bonds. The van der Waals surface area contributed by atoms with E-state index in [1.165, 1.54) is 24.8 Å². The van der Waals surface area contributed by atoms with E-state index in [2.05, 4.69) is 20.8 Å². The van der Waals surface area contributed by atoms with Gasteiger partial charge in [0.15, 0.2) is 5.78 Å². The van der Waals surface area contributed by atoms with E-state index in [0.29, 0.717) is 42.4 Å². The monoisotopic (exact) mass is 430 g/mol. The van der Waals surface area contributed by atoms with Gasteiger partial charge in [-0.05, 0) is 91.4 Å². The van der Waals surface area contributed by atoms with Crippen molar-refractivity contribution >= 4 is 11.8 Å². The molecule has 174 valence electrons. The van der Waals surface area contributed by atoms with Gasteiger partial charge < -0.3 is 10.2 Å². The maximum Gasteiger partial charge on any atom is 0.306 e. The Morgan fingerprint density at radius 3 is 2.58 bits per heavy atom. The molecule has 31 heavy (non-hydrogen) atoms. The second-order valence-electron chi connectivity index (χ2n) is 12.0. The van der Waals surface area contributed by atoms with Gasteiger partial charge in [0.1, 0.15) is 0 Å². The first-order valence-corrected chi connectivity index (χ1v) is 12.7. The van der Waals surface area contributed by atoms with Crippen molar-refractivity contribution in [2.45, 2.75) is 98.0 Å². The van der Waals surface area contributed by atoms with Crippen LogP contribution in [0.4, 0.5) is 0 Å². The van der Waals surface area contributed by atoms with Crippen molar-refractivity contribution in [2.75, 3.05) is 0 Å². The molecular formula is C27H42O4. The lowest BCUT2D eigenvalue weighted by atomic mass is 9.45. The van der Waals surface area contributed by atoms with E-state index in [0.717, 1.165) is 32.1 Å². The first-order chi connectivity index (χ1) is 14.6. The Bertz CT molecular complexity index is 756. The number of ketones is 1. The average molecular weight is 431 g/mol. The molecule has 3 saturated carbocycles. The standard InChI is InChI=1S/C27H42O4/c1-16(6-5-7-17(2)25(30)31)20-8-9-21-24-22(11-13-27(20,21)4)26(3)12-10-19(28)14-18(26)15-23(24)29/h14,16-17,20-24,29H,5-13,15H2,1-4H3,(H,30,31)/t16-,17-,20-,21?,22?,23-,24?,26+,27-/m1/s1. The average Bonchev–Trinajstić information content (AvgIpc) is 3.06. The van der Waals surface area contributed by atoms with E-state index in [1.54, 1.807) is 0 Å². The van der Waals surface area contributed by atoms with Crippen LogP contribution in [0.2, 0.25) is 0 Å². The molecule has 4 nitrogen and oxygen atoms in total. The number of aliphatic hydroxyl groups excluding tert-OH is 1. The van der Waals surface area contributed by atoms with Gasteiger partial charge in [-0.15, -0.1) is 0 Å². The minimum Gasteiger partial charge on any atom is -0.481 e. The summed E-state index contributed by atoms with van der Waals surface area (Å²) in [5, 5.41) is 20.4. The van der Waals surface area contributed by atoms with Crippen LogP contribution in [0, 0.1) is 46.3 Å². The molecule has 0 aromatic rings. The van der Waals surface area contributed by atoms with Gasteiger partial charge in [-0.2, -0.15) is 0 Å². The lowest BCUT2D eigenvalue weighted by Crippen LogP contribution is -2.55. The number of aliphatic hydroxyl groups is 1. The van der Waals surface area contributed by atoms with Crippen LogP contribution < -0.4 is 0 Å². The van der Waals surface area contributed by atoms with Crippen molar-refractivity contribution in [1.29, 1.82) is 0 Å². The Kier molecular flexibility index (Phi) is 6.17. The van der Waals surface area contributed by atoms with E-state index in [1.807, 2.05) is 13.0 Å². The minimum absolute atomic E-state index is 0.0931. The minimum atomic E-state index is -0.684. The summed E-state index contributed by atoms with van der Waals surface area (Å²) >= 11 is 0. The fourth-order valence-electron chi connectivity index (χ4n) is 8.57. The molecule has 3 fully saturated rings. The molecule has 2 N–H and O–H groups in total. The lowest BCUT2D eigenvalue weighted by molar-refractivity contribution is -0.141. The highest BCUT2D eigenvalue weighted by Crippen LogP contribution is 2.67. The van der Waals surface area contributed by atoms with E-state index < -0.39 is 5.97 Å². The largest absolute Gasteiger partial charge is 0.481 e. The maximum absolute atomic E-state index is 12.1. The van der Waals surface area contributed by atoms with Crippen molar-refractivity contribution < 1.29 is 19.8 Å². The van der Waals surface area contributed by atoms with Gasteiger partial charge in [-0.25, -0.2) is 0 Å². The van der Waals surface area contributed by atoms with Crippen LogP contribution in [-0.4, -0.2) is 28.1 Å². The van der Waals surface area contributed by atoms with E-state index in [4.69, 9.17) is 5.11 Å². The number of hydrogen-bond acceptors (Lipinski definition) is 3. The first kappa shape index (κ1) is 23.0. The molecule has 4 heteroatoms. The fraction of sp³-hybridized carbons (Fsp3) is 0.852. The summed E-state index contributed by atoms with van der Waals surface area (Å²) < 4.78 is 0. The van der Waals surface area contributed by atoms with Gasteiger partial charge in [-0.3, -0.25) is 9.59 Å². The molecule has 0 spiro atoms. The second kappa shape index (κ2) is 8.32. The highest BCUT2D eigenvalue weighted by molar-refractivity contribution is 5.91. The number of carbonyl (C=O) groups excluding carboxylic acids is 1. The maximum atomic E-state index is 12.1. The summed E-state index contributed by atoms with van der Waals surface area (Å²) in [5.41, 5.74) is 1.59. The van der Waals surface area contributed by atoms with Crippen LogP contribution in [0.1, 0.15) is 91.9 Å². The molecule has 0 saturated heterocycles. The number of aliphatic carboxylic acids is 1. The SMILES string of the molecule is C[C@H](CCC[C@@H](C)[C@H]1CCC2C3C(CC[C@@]21C)[C@@]1(C)CCC(=O)C=C1C[C@H]3O)C(=O)O. The third kappa shape index (κ3) is 3.81. The zero-order chi connectivity index (χ0) is 22.6. The Morgan fingerprint density at radius 1 is 1.13 bits per heavy atom. The highest BCUT2D eigenvalue weighted by Gasteiger charge is 2.61. The molecule has 3 unspecified atom stereocenters. The van der Waals surface area contributed by atoms with Crippen LogP contribution in [0.3, 0.4) is 0 Å². The normalized spacial score (nSPS) is 44.0. The molecule has 0 aromatic carbocycles. The van der Waals surface area contributed by atoms with Gasteiger partial charge in [0.05, 0.1) is 12.0 Å². The summed E-state index contributed by atoms with van der Waals surface area (Å²) in [4.78, 5) is 23.2. The van der Waals surface area contributed by atoms with Crippen molar-refractivity contribution in [3.8, 4) is 0 Å². The molecule has 0 aromatic heterocycles. The summed E-state index contributed by atoms with van der Waals surface area (Å²) in [6.07, 6.45) is 11.6. The first-order valence-electron chi connectivity index (χ1n) is 12.7. The molecule has 0 aliphatic heterocycles. The van der Waals surface area contributed by atoms with Crippen LogP contribution >= 0.6 is 0 Å². The number of carboxylic acids is 1. The molecule has 4 aliphatic carbocycles. The van der Waals surface area contributed by atoms with Gasteiger partial charge in [0.25, 0.3) is 0 Å². The molecule has 9 atom stereocenters. The Labute approximate surface area is 187 Å². The van der Waals surface area contributed by atoms with Crippen LogP contribution in [0.25, 0.3) is 0 Å². The van der Waals surface area contributed by atoms with Crippen molar-refractivity contribution in [3.63, 3.8) is 0 Å². The molecule has 4 aliphatic rings. The second-order valence-corrected chi connectivity index (χ2v) is 12.0. The number of hydrogen-bond donors (Lipinski definition) is 2. The predicted octanol–water partition coefficient (Wildman–Crippen LogP) is 5.63. The fourth-order valence-corrected chi connectivity index (χ4v) is 8.57. The van der Waals surface area contributed by atoms with Gasteiger partial charge in [0.2, 0.25) is 0 Å². The molecule has 0 heterocycles. The number of fused-ring (bicyclic) bond motifs is 5. The van der Waals surface area contributed by atoms with Crippen molar-refractivity contribution in [1.82, 2.24) is 0 Å². The summed E-state index contributed by atoms with van der Waals surface area (Å²) in [5.74, 6) is 2.01. The van der Waals surface area contributed by atoms with Crippen molar-refractivity contribution in [2.24, 2.45) is 46.3 Å². The Hall–Kier alpha value is -1.16. The quantitative estimate of drug-likeness (QED) is 0.572. The summed E-state index contributed by atoms with van der Waals surface area (Å²) in [6, 6.07) is 0. The topological polar surface area (TPSA) is 74.6 Å². The third-order valence-electron chi connectivity index (χ3n) is 10.5. The zero-order valence-electron chi connectivity index (χ0n) is 19.9. The number of carboxylic acid groups (broad SMARTS) is 1. The van der Waals surface area contributed by atoms with E-state index in [9.17, 15) is 14.7 Å². The third-order valence-corrected chi connectivity index (χ3v) is 10.5. The van der Waals surface area contributed by atoms with E-state index in [-0.39, 0.29) is 28.6 Å². The number of rotatable bonds is 6. The van der Waals surface area contributed by atoms with E-state index >= 15 is 0 Å². The highest BCUT2D eigenvalue weighted by atomic mass is 16.4. The zero-order valence-corrected chi connectivity index (χ0v) is 19.9. The van der Waals surface area contributed by atoms with Crippen molar-refractivity contribution in [3.05, 3.63) is 11.6 Å². The lowest BCUT2D eigenvalue weighted by Gasteiger charge is -2.60.